The summed E-state index contributed by atoms with van der Waals surface area (Å²) < 4.78 is 6.80. The second kappa shape index (κ2) is 5.63. The lowest BCUT2D eigenvalue weighted by molar-refractivity contribution is 0.443. The fraction of sp³-hybridized carbons (Fsp3) is 0.286. The second-order valence-corrected chi connectivity index (χ2v) is 6.68. The quantitative estimate of drug-likeness (QED) is 0.546. The van der Waals surface area contributed by atoms with Crippen molar-refractivity contribution in [1.29, 1.82) is 0 Å². The van der Waals surface area contributed by atoms with Crippen molar-refractivity contribution in [2.45, 2.75) is 26.2 Å². The van der Waals surface area contributed by atoms with Gasteiger partial charge in [-0.25, -0.2) is 4.98 Å². The summed E-state index contributed by atoms with van der Waals surface area (Å²) in [6.45, 7) is 6.11. The van der Waals surface area contributed by atoms with E-state index in [1.807, 2.05) is 45.0 Å². The maximum Gasteiger partial charge on any atom is 0.224 e. The standard InChI is InChI=1S/C14H14ClIN2O/c1-14(2,3)13-17-11(15)8-12(18-13)19-10-7-5-4-6-9(10)16/h4-8H,1-3H3. The smallest absolute Gasteiger partial charge is 0.224 e. The number of hydrogen-bond acceptors (Lipinski definition) is 3. The maximum atomic E-state index is 6.03. The van der Waals surface area contributed by atoms with Crippen LogP contribution in [0.15, 0.2) is 30.3 Å². The molecule has 2 rings (SSSR count). The Kier molecular flexibility index (Phi) is 4.30. The Bertz CT molecular complexity index is 596. The predicted molar refractivity (Wildman–Crippen MR) is 85.0 cm³/mol. The Morgan fingerprint density at radius 3 is 2.47 bits per heavy atom. The molecule has 0 bridgehead atoms. The molecule has 0 fully saturated rings. The minimum atomic E-state index is -0.174. The molecule has 1 heterocycles. The number of hydrogen-bond donors (Lipinski definition) is 0. The van der Waals surface area contributed by atoms with E-state index in [4.69, 9.17) is 16.3 Å². The van der Waals surface area contributed by atoms with Gasteiger partial charge in [-0.05, 0) is 34.7 Å². The Morgan fingerprint density at radius 2 is 1.84 bits per heavy atom. The van der Waals surface area contributed by atoms with Crippen LogP contribution in [0.25, 0.3) is 0 Å². The maximum absolute atomic E-state index is 6.03. The van der Waals surface area contributed by atoms with Crippen LogP contribution < -0.4 is 4.74 Å². The second-order valence-electron chi connectivity index (χ2n) is 5.13. The van der Waals surface area contributed by atoms with E-state index in [-0.39, 0.29) is 5.41 Å². The first-order valence-electron chi connectivity index (χ1n) is 5.84. The van der Waals surface area contributed by atoms with Crippen molar-refractivity contribution >= 4 is 34.2 Å². The molecule has 0 atom stereocenters. The highest BCUT2D eigenvalue weighted by atomic mass is 127. The van der Waals surface area contributed by atoms with Gasteiger partial charge in [-0.2, -0.15) is 4.98 Å². The van der Waals surface area contributed by atoms with Crippen molar-refractivity contribution in [2.24, 2.45) is 0 Å². The highest BCUT2D eigenvalue weighted by molar-refractivity contribution is 14.1. The predicted octanol–water partition coefficient (Wildman–Crippen LogP) is 4.82. The third-order valence-electron chi connectivity index (χ3n) is 2.39. The van der Waals surface area contributed by atoms with Gasteiger partial charge in [0.2, 0.25) is 5.88 Å². The lowest BCUT2D eigenvalue weighted by Gasteiger charge is -2.17. The van der Waals surface area contributed by atoms with Crippen molar-refractivity contribution in [1.82, 2.24) is 9.97 Å². The monoisotopic (exact) mass is 388 g/mol. The van der Waals surface area contributed by atoms with Crippen molar-refractivity contribution in [3.8, 4) is 11.6 Å². The van der Waals surface area contributed by atoms with E-state index < -0.39 is 0 Å². The normalized spacial score (nSPS) is 11.4. The zero-order chi connectivity index (χ0) is 14.0. The summed E-state index contributed by atoms with van der Waals surface area (Å²) in [5.74, 6) is 1.90. The molecule has 0 aliphatic rings. The highest BCUT2D eigenvalue weighted by Gasteiger charge is 2.19. The van der Waals surface area contributed by atoms with Crippen LogP contribution in [0.5, 0.6) is 11.6 Å². The Balaban J connectivity index is 2.36. The summed E-state index contributed by atoms with van der Waals surface area (Å²) in [5.41, 5.74) is -0.174. The van der Waals surface area contributed by atoms with E-state index >= 15 is 0 Å². The topological polar surface area (TPSA) is 35.0 Å². The van der Waals surface area contributed by atoms with Gasteiger partial charge in [-0.1, -0.05) is 44.5 Å². The van der Waals surface area contributed by atoms with Crippen molar-refractivity contribution in [3.05, 3.63) is 44.9 Å². The van der Waals surface area contributed by atoms with Crippen LogP contribution in [-0.4, -0.2) is 9.97 Å². The molecule has 0 saturated carbocycles. The van der Waals surface area contributed by atoms with E-state index in [2.05, 4.69) is 32.6 Å². The first-order valence-corrected chi connectivity index (χ1v) is 7.29. The van der Waals surface area contributed by atoms with Gasteiger partial charge < -0.3 is 4.74 Å². The number of ether oxygens (including phenoxy) is 1. The number of rotatable bonds is 2. The molecule has 0 radical (unpaired) electrons. The molecule has 0 saturated heterocycles. The van der Waals surface area contributed by atoms with Gasteiger partial charge in [0.25, 0.3) is 0 Å². The lowest BCUT2D eigenvalue weighted by atomic mass is 9.96. The van der Waals surface area contributed by atoms with Crippen LogP contribution in [0.4, 0.5) is 0 Å². The molecular weight excluding hydrogens is 375 g/mol. The molecule has 0 unspecified atom stereocenters. The number of nitrogens with zero attached hydrogens (tertiary/aromatic N) is 2. The van der Waals surface area contributed by atoms with Gasteiger partial charge in [0.1, 0.15) is 16.7 Å². The van der Waals surface area contributed by atoms with Crippen LogP contribution in [0.1, 0.15) is 26.6 Å². The molecule has 2 aromatic rings. The van der Waals surface area contributed by atoms with Crippen LogP contribution in [0.2, 0.25) is 5.15 Å². The van der Waals surface area contributed by atoms with E-state index in [9.17, 15) is 0 Å². The molecule has 1 aromatic carbocycles. The molecule has 1 aromatic heterocycles. The van der Waals surface area contributed by atoms with Gasteiger partial charge >= 0.3 is 0 Å². The molecule has 0 aliphatic heterocycles. The molecule has 0 amide bonds. The van der Waals surface area contributed by atoms with Crippen LogP contribution in [0, 0.1) is 3.57 Å². The third kappa shape index (κ3) is 3.79. The fourth-order valence-electron chi connectivity index (χ4n) is 1.42. The summed E-state index contributed by atoms with van der Waals surface area (Å²) in [6, 6.07) is 9.38. The number of aromatic nitrogens is 2. The van der Waals surface area contributed by atoms with Crippen LogP contribution >= 0.6 is 34.2 Å². The first-order chi connectivity index (χ1) is 8.86. The number of benzene rings is 1. The molecule has 3 nitrogen and oxygen atoms in total. The molecule has 5 heteroatoms. The molecule has 100 valence electrons. The van der Waals surface area contributed by atoms with Gasteiger partial charge in [0, 0.05) is 11.5 Å². The van der Waals surface area contributed by atoms with Crippen molar-refractivity contribution in [3.63, 3.8) is 0 Å². The van der Waals surface area contributed by atoms with E-state index in [1.54, 1.807) is 6.07 Å². The van der Waals surface area contributed by atoms with Crippen molar-refractivity contribution < 1.29 is 4.74 Å². The average Bonchev–Trinajstić information content (AvgIpc) is 2.30. The van der Waals surface area contributed by atoms with E-state index in [0.29, 0.717) is 16.9 Å². The average molecular weight is 389 g/mol. The molecule has 0 aliphatic carbocycles. The van der Waals surface area contributed by atoms with Crippen molar-refractivity contribution in [2.75, 3.05) is 0 Å². The Hall–Kier alpha value is -0.880. The number of halogens is 2. The lowest BCUT2D eigenvalue weighted by Crippen LogP contribution is -2.16. The van der Waals surface area contributed by atoms with Gasteiger partial charge in [0.15, 0.2) is 0 Å². The summed E-state index contributed by atoms with van der Waals surface area (Å²) in [5, 5.41) is 0.390. The zero-order valence-corrected chi connectivity index (χ0v) is 13.9. The summed E-state index contributed by atoms with van der Waals surface area (Å²) in [6.07, 6.45) is 0. The SMILES string of the molecule is CC(C)(C)c1nc(Cl)cc(Oc2ccccc2I)n1. The summed E-state index contributed by atoms with van der Waals surface area (Å²) in [7, 11) is 0. The largest absolute Gasteiger partial charge is 0.438 e. The fourth-order valence-corrected chi connectivity index (χ4v) is 2.10. The van der Waals surface area contributed by atoms with Gasteiger partial charge in [-0.3, -0.25) is 0 Å². The number of para-hydroxylation sites is 1. The Morgan fingerprint density at radius 1 is 1.16 bits per heavy atom. The zero-order valence-electron chi connectivity index (χ0n) is 10.9. The minimum absolute atomic E-state index is 0.174. The van der Waals surface area contributed by atoms with E-state index in [1.165, 1.54) is 0 Å². The summed E-state index contributed by atoms with van der Waals surface area (Å²) >= 11 is 8.25. The summed E-state index contributed by atoms with van der Waals surface area (Å²) in [4.78, 5) is 8.66. The molecular formula is C14H14ClIN2O. The highest BCUT2D eigenvalue weighted by Crippen LogP contribution is 2.28. The van der Waals surface area contributed by atoms with Crippen LogP contribution in [-0.2, 0) is 5.41 Å². The molecule has 0 spiro atoms. The first kappa shape index (κ1) is 14.5. The molecule has 0 N–H and O–H groups in total. The molecule has 19 heavy (non-hydrogen) atoms. The third-order valence-corrected chi connectivity index (χ3v) is 3.48. The van der Waals surface area contributed by atoms with Gasteiger partial charge in [-0.15, -0.1) is 0 Å². The minimum Gasteiger partial charge on any atom is -0.438 e. The van der Waals surface area contributed by atoms with Gasteiger partial charge in [0.05, 0.1) is 3.57 Å². The van der Waals surface area contributed by atoms with Crippen LogP contribution in [0.3, 0.4) is 0 Å². The van der Waals surface area contributed by atoms with E-state index in [0.717, 1.165) is 9.32 Å². The Labute approximate surface area is 131 Å².